The molecule has 0 radical (unpaired) electrons. The minimum Gasteiger partial charge on any atom is -0.465 e. The molecule has 0 heterocycles. The minimum atomic E-state index is -1.53. The maximum atomic E-state index is 14.7. The predicted molar refractivity (Wildman–Crippen MR) is 437 cm³/mol. The number of hydrogen-bond acceptors (Lipinski definition) is 8. The Kier molecular flexibility index (Phi) is 25.7. The van der Waals surface area contributed by atoms with E-state index < -0.39 is 29.3 Å². The summed E-state index contributed by atoms with van der Waals surface area (Å²) in [6, 6.07) is 59.9. The Hall–Kier alpha value is -8.36. The van der Waals surface area contributed by atoms with Crippen molar-refractivity contribution in [3.8, 4) is 44.5 Å². The van der Waals surface area contributed by atoms with Gasteiger partial charge in [0.1, 0.15) is 31.8 Å². The maximum absolute atomic E-state index is 14.7. The molecule has 8 aromatic rings. The lowest BCUT2D eigenvalue weighted by molar-refractivity contribution is -0.170. The highest BCUT2D eigenvalue weighted by molar-refractivity contribution is 5.80. The minimum absolute atomic E-state index is 0.0236. The van der Waals surface area contributed by atoms with Crippen LogP contribution in [0.5, 0.6) is 0 Å². The number of rotatable bonds is 24. The van der Waals surface area contributed by atoms with E-state index in [0.29, 0.717) is 25.7 Å². The van der Waals surface area contributed by atoms with Crippen molar-refractivity contribution in [1.29, 1.82) is 0 Å². The largest absolute Gasteiger partial charge is 0.465 e. The van der Waals surface area contributed by atoms with Gasteiger partial charge < -0.3 is 18.9 Å². The first kappa shape index (κ1) is 82.3. The van der Waals surface area contributed by atoms with E-state index in [4.69, 9.17) is 18.9 Å². The summed E-state index contributed by atoms with van der Waals surface area (Å²) < 4.78 is 25.6. The molecule has 8 rings (SSSR count). The summed E-state index contributed by atoms with van der Waals surface area (Å²) in [5, 5.41) is 0. The number of aryl methyl sites for hydroxylation is 4. The highest BCUT2D eigenvalue weighted by atomic mass is 16.6. The SMILES string of the molecule is CC(C)(C)c1cc(CCC(=O)OCC(COC(=O)CCc2cc(C(C)(C)C)c(-c3ccccc3)c(C(C)(C)C)c2)(COC(=O)CCc2cc(C(C)(C)C)c(-c3ccccc3)c(C(C)(C)C)c2)COC(=O)CCc2cc(C(C)(C)C)c(-c3ccccc3)c(C(C)(C)C)c2)cc(C(C)(C)C)c1-c1ccccc1. The Morgan fingerprint density at radius 3 is 0.505 bits per heavy atom. The van der Waals surface area contributed by atoms with Crippen LogP contribution in [0.25, 0.3) is 44.5 Å². The summed E-state index contributed by atoms with van der Waals surface area (Å²) in [4.78, 5) is 58.8. The summed E-state index contributed by atoms with van der Waals surface area (Å²) in [5.41, 5.74) is 19.4. The van der Waals surface area contributed by atoms with E-state index in [1.807, 2.05) is 24.3 Å². The molecule has 8 aromatic carbocycles. The van der Waals surface area contributed by atoms with Crippen molar-refractivity contribution in [3.05, 3.63) is 237 Å². The summed E-state index contributed by atoms with van der Waals surface area (Å²) >= 11 is 0. The van der Waals surface area contributed by atoms with Gasteiger partial charge in [-0.3, -0.25) is 19.2 Å². The van der Waals surface area contributed by atoms with E-state index in [1.165, 1.54) is 66.8 Å². The molecule has 0 bridgehead atoms. The standard InChI is InChI=1S/C97H124O8/c1-89(2,3)73-53-65(54-74(90(4,5)6)85(73)69-37-29-25-30-38-69)45-49-81(98)102-61-97(62-103-82(99)50-46-66-55-75(91(7,8)9)86(70-39-31-26-32-40-70)76(56-66)92(10,11)12,63-104-83(100)51-47-67-57-77(93(13,14)15)87(71-41-33-27-34-42-71)78(58-67)94(16,17)18)64-105-84(101)52-48-68-59-79(95(19,20)21)88(72-43-35-28-36-44-72)80(60-68)96(22,23)24/h25-44,53-60H,45-52,61-64H2,1-24H3. The molecule has 105 heavy (non-hydrogen) atoms. The van der Waals surface area contributed by atoms with Crippen LogP contribution in [0, 0.1) is 5.41 Å². The molecule has 0 N–H and O–H groups in total. The van der Waals surface area contributed by atoms with Crippen LogP contribution in [0.15, 0.2) is 170 Å². The lowest BCUT2D eigenvalue weighted by atomic mass is 9.73. The lowest BCUT2D eigenvalue weighted by Gasteiger charge is -2.32. The van der Waals surface area contributed by atoms with Gasteiger partial charge in [0.2, 0.25) is 0 Å². The highest BCUT2D eigenvalue weighted by Crippen LogP contribution is 2.47. The smallest absolute Gasteiger partial charge is 0.306 e. The molecule has 0 saturated carbocycles. The van der Waals surface area contributed by atoms with Crippen molar-refractivity contribution in [2.24, 2.45) is 5.41 Å². The Balaban J connectivity index is 1.16. The Labute approximate surface area is 632 Å². The van der Waals surface area contributed by atoms with Gasteiger partial charge in [0, 0.05) is 25.7 Å². The second-order valence-corrected chi connectivity index (χ2v) is 37.9. The van der Waals surface area contributed by atoms with Crippen molar-refractivity contribution < 1.29 is 38.1 Å². The third-order valence-corrected chi connectivity index (χ3v) is 20.1. The van der Waals surface area contributed by atoms with Crippen LogP contribution >= 0.6 is 0 Å². The zero-order chi connectivity index (χ0) is 77.5. The fourth-order valence-electron chi connectivity index (χ4n) is 14.2. The molecule has 0 aliphatic heterocycles. The van der Waals surface area contributed by atoms with Gasteiger partial charge in [0.05, 0.1) is 0 Å². The second-order valence-electron chi connectivity index (χ2n) is 37.9. The number of benzene rings is 8. The van der Waals surface area contributed by atoms with Crippen molar-refractivity contribution in [3.63, 3.8) is 0 Å². The molecular formula is C97H124O8. The summed E-state index contributed by atoms with van der Waals surface area (Å²) in [7, 11) is 0. The molecule has 0 spiro atoms. The van der Waals surface area contributed by atoms with Gasteiger partial charge in [-0.25, -0.2) is 0 Å². The molecule has 0 unspecified atom stereocenters. The van der Waals surface area contributed by atoms with Gasteiger partial charge in [-0.2, -0.15) is 0 Å². The zero-order valence-corrected chi connectivity index (χ0v) is 68.4. The molecule has 8 nitrogen and oxygen atoms in total. The van der Waals surface area contributed by atoms with Crippen LogP contribution in [0.4, 0.5) is 0 Å². The number of carbonyl (C=O) groups excluding carboxylic acids is 4. The molecule has 8 heteroatoms. The van der Waals surface area contributed by atoms with Gasteiger partial charge >= 0.3 is 23.9 Å². The molecule has 0 aliphatic carbocycles. The van der Waals surface area contributed by atoms with E-state index in [9.17, 15) is 19.2 Å². The van der Waals surface area contributed by atoms with Crippen molar-refractivity contribution in [2.45, 2.75) is 261 Å². The first-order valence-electron chi connectivity index (χ1n) is 38.3. The van der Waals surface area contributed by atoms with E-state index in [0.717, 1.165) is 44.5 Å². The molecule has 0 saturated heterocycles. The molecule has 0 aliphatic rings. The first-order chi connectivity index (χ1) is 48.7. The van der Waals surface area contributed by atoms with E-state index in [2.05, 4.69) is 312 Å². The van der Waals surface area contributed by atoms with Crippen molar-refractivity contribution >= 4 is 23.9 Å². The predicted octanol–water partition coefficient (Wildman–Crippen LogP) is 23.7. The van der Waals surface area contributed by atoms with E-state index in [1.54, 1.807) is 0 Å². The number of esters is 4. The van der Waals surface area contributed by atoms with E-state index in [-0.39, 0.29) is 95.4 Å². The summed E-state index contributed by atoms with van der Waals surface area (Å²) in [6.07, 6.45) is 1.62. The van der Waals surface area contributed by atoms with E-state index >= 15 is 0 Å². The molecule has 0 atom stereocenters. The molecular weight excluding hydrogens is 1290 g/mol. The zero-order valence-electron chi connectivity index (χ0n) is 68.4. The number of ether oxygens (including phenoxy) is 4. The number of carbonyl (C=O) groups is 4. The summed E-state index contributed by atoms with van der Waals surface area (Å²) in [6.45, 7) is 51.9. The quantitative estimate of drug-likeness (QED) is 0.0435. The first-order valence-corrected chi connectivity index (χ1v) is 38.3. The van der Waals surface area contributed by atoms with Gasteiger partial charge in [0.25, 0.3) is 0 Å². The van der Waals surface area contributed by atoms with Crippen LogP contribution in [0.2, 0.25) is 0 Å². The van der Waals surface area contributed by atoms with Gasteiger partial charge in [-0.1, -0.05) is 336 Å². The van der Waals surface area contributed by atoms with Crippen LogP contribution in [0.3, 0.4) is 0 Å². The maximum Gasteiger partial charge on any atom is 0.306 e. The van der Waals surface area contributed by atoms with Crippen LogP contribution in [-0.4, -0.2) is 50.3 Å². The van der Waals surface area contributed by atoms with Gasteiger partial charge in [-0.05, 0) is 180 Å². The average Bonchev–Trinajstić information content (AvgIpc) is 0.781. The third-order valence-electron chi connectivity index (χ3n) is 20.1. The van der Waals surface area contributed by atoms with Crippen molar-refractivity contribution in [2.75, 3.05) is 26.4 Å². The fourth-order valence-corrected chi connectivity index (χ4v) is 14.2. The second kappa shape index (κ2) is 32.8. The fraction of sp³-hybridized carbons (Fsp3) is 0.464. The molecule has 0 fully saturated rings. The van der Waals surface area contributed by atoms with Crippen LogP contribution < -0.4 is 0 Å². The Morgan fingerprint density at radius 1 is 0.229 bits per heavy atom. The lowest BCUT2D eigenvalue weighted by Crippen LogP contribution is -2.44. The topological polar surface area (TPSA) is 105 Å². The highest BCUT2D eigenvalue weighted by Gasteiger charge is 2.39. The summed E-state index contributed by atoms with van der Waals surface area (Å²) in [5.74, 6) is -2.00. The monoisotopic (exact) mass is 1420 g/mol. The third kappa shape index (κ3) is 21.9. The van der Waals surface area contributed by atoms with Gasteiger partial charge in [-0.15, -0.1) is 0 Å². The van der Waals surface area contributed by atoms with Crippen LogP contribution in [0.1, 0.15) is 259 Å². The number of hydrogen-bond donors (Lipinski definition) is 0. The molecule has 560 valence electrons. The Bertz CT molecular complexity index is 3600. The van der Waals surface area contributed by atoms with Gasteiger partial charge in [0.15, 0.2) is 0 Å². The van der Waals surface area contributed by atoms with Crippen molar-refractivity contribution in [1.82, 2.24) is 0 Å². The Morgan fingerprint density at radius 2 is 0.371 bits per heavy atom. The average molecular weight is 1420 g/mol. The normalized spacial score (nSPS) is 12.8. The molecule has 0 amide bonds. The molecule has 0 aromatic heterocycles. The van der Waals surface area contributed by atoms with Crippen LogP contribution in [-0.2, 0) is 107 Å².